The van der Waals surface area contributed by atoms with E-state index >= 15 is 0 Å². The Morgan fingerprint density at radius 2 is 1.53 bits per heavy atom. The van der Waals surface area contributed by atoms with Gasteiger partial charge in [-0.15, -0.1) is 0 Å². The van der Waals surface area contributed by atoms with Crippen LogP contribution in [0.3, 0.4) is 0 Å². The number of piperidine rings is 3. The van der Waals surface area contributed by atoms with Gasteiger partial charge in [-0.2, -0.15) is 4.31 Å². The van der Waals surface area contributed by atoms with Crippen molar-refractivity contribution in [2.45, 2.75) is 62.8 Å². The van der Waals surface area contributed by atoms with Crippen LogP contribution < -0.4 is 0 Å². The molecule has 0 spiro atoms. The molecule has 8 heteroatoms. The molecule has 0 N–H and O–H groups in total. The Bertz CT molecular complexity index is 912. The molecular formula is C24H35N3O4S. The zero-order valence-electron chi connectivity index (χ0n) is 19.0. The van der Waals surface area contributed by atoms with Crippen molar-refractivity contribution in [2.75, 3.05) is 32.7 Å². The number of nitrogens with zero attached hydrogens (tertiary/aromatic N) is 3. The molecule has 4 rings (SSSR count). The molecule has 2 amide bonds. The Balaban J connectivity index is 1.40. The highest BCUT2D eigenvalue weighted by molar-refractivity contribution is 7.89. The highest BCUT2D eigenvalue weighted by atomic mass is 32.2. The van der Waals surface area contributed by atoms with Gasteiger partial charge in [0.2, 0.25) is 21.8 Å². The number of carbonyl (C=O) groups excluding carboxylic acids is 2. The third kappa shape index (κ3) is 4.86. The van der Waals surface area contributed by atoms with Gasteiger partial charge in [-0.3, -0.25) is 9.59 Å². The minimum atomic E-state index is -3.71. The average molecular weight is 462 g/mol. The molecule has 0 aliphatic carbocycles. The fourth-order valence-corrected chi connectivity index (χ4v) is 7.04. The topological polar surface area (TPSA) is 78.0 Å². The Kier molecular flexibility index (Phi) is 7.20. The maximum atomic E-state index is 13.4. The van der Waals surface area contributed by atoms with Gasteiger partial charge < -0.3 is 9.80 Å². The van der Waals surface area contributed by atoms with Gasteiger partial charge in [0.1, 0.15) is 6.04 Å². The first-order chi connectivity index (χ1) is 15.4. The minimum Gasteiger partial charge on any atom is -0.342 e. The van der Waals surface area contributed by atoms with Crippen molar-refractivity contribution in [1.29, 1.82) is 0 Å². The van der Waals surface area contributed by atoms with Crippen molar-refractivity contribution >= 4 is 21.8 Å². The monoisotopic (exact) mass is 461 g/mol. The van der Waals surface area contributed by atoms with Crippen LogP contribution in [0.5, 0.6) is 0 Å². The van der Waals surface area contributed by atoms with Gasteiger partial charge in [0.25, 0.3) is 0 Å². The zero-order chi connectivity index (χ0) is 22.7. The molecule has 3 fully saturated rings. The van der Waals surface area contributed by atoms with Crippen molar-refractivity contribution in [3.8, 4) is 0 Å². The van der Waals surface area contributed by atoms with Crippen molar-refractivity contribution < 1.29 is 18.0 Å². The quantitative estimate of drug-likeness (QED) is 0.691. The van der Waals surface area contributed by atoms with Gasteiger partial charge >= 0.3 is 0 Å². The van der Waals surface area contributed by atoms with E-state index in [9.17, 15) is 18.0 Å². The molecule has 0 radical (unpaired) electrons. The van der Waals surface area contributed by atoms with Crippen molar-refractivity contribution in [3.05, 3.63) is 30.3 Å². The molecule has 3 heterocycles. The smallest absolute Gasteiger partial charge is 0.243 e. The summed E-state index contributed by atoms with van der Waals surface area (Å²) in [5.41, 5.74) is 0. The summed E-state index contributed by atoms with van der Waals surface area (Å²) in [7, 11) is -3.71. The maximum absolute atomic E-state index is 13.4. The van der Waals surface area contributed by atoms with Crippen LogP contribution in [0.1, 0.15) is 51.9 Å². The summed E-state index contributed by atoms with van der Waals surface area (Å²) in [4.78, 5) is 30.4. The molecular weight excluding hydrogens is 426 g/mol. The number of carbonyl (C=O) groups is 2. The van der Waals surface area contributed by atoms with Crippen LogP contribution in [0.15, 0.2) is 35.2 Å². The second-order valence-corrected chi connectivity index (χ2v) is 11.5. The fraction of sp³-hybridized carbons (Fsp3) is 0.667. The van der Waals surface area contributed by atoms with Gasteiger partial charge in [-0.1, -0.05) is 31.5 Å². The molecule has 2 unspecified atom stereocenters. The number of benzene rings is 1. The van der Waals surface area contributed by atoms with Crippen LogP contribution in [-0.4, -0.2) is 73.1 Å². The number of rotatable bonds is 4. The fourth-order valence-electron chi connectivity index (χ4n) is 5.37. The van der Waals surface area contributed by atoms with E-state index in [-0.39, 0.29) is 22.6 Å². The summed E-state index contributed by atoms with van der Waals surface area (Å²) in [6.07, 6.45) is 5.73. The van der Waals surface area contributed by atoms with E-state index in [0.717, 1.165) is 32.4 Å². The maximum Gasteiger partial charge on any atom is 0.243 e. The van der Waals surface area contributed by atoms with Gasteiger partial charge in [-0.25, -0.2) is 8.42 Å². The van der Waals surface area contributed by atoms with Crippen LogP contribution in [-0.2, 0) is 19.6 Å². The molecule has 176 valence electrons. The third-order valence-corrected chi connectivity index (χ3v) is 9.14. The number of hydrogen-bond donors (Lipinski definition) is 0. The largest absolute Gasteiger partial charge is 0.342 e. The number of amides is 2. The highest BCUT2D eigenvalue weighted by Gasteiger charge is 2.41. The van der Waals surface area contributed by atoms with E-state index in [1.54, 1.807) is 35.2 Å². The molecule has 1 aromatic carbocycles. The normalized spacial score (nSPS) is 26.2. The third-order valence-electron chi connectivity index (χ3n) is 7.21. The van der Waals surface area contributed by atoms with E-state index in [4.69, 9.17) is 0 Å². The lowest BCUT2D eigenvalue weighted by Gasteiger charge is -2.40. The number of hydrogen-bond acceptors (Lipinski definition) is 4. The summed E-state index contributed by atoms with van der Waals surface area (Å²) in [6.45, 7) is 5.29. The second-order valence-electron chi connectivity index (χ2n) is 9.57. The van der Waals surface area contributed by atoms with Gasteiger partial charge in [0.15, 0.2) is 0 Å². The standard InChI is InChI=1S/C24H35N3O4S/c1-19-8-7-14-26(18-19)23(28)20-12-16-25(17-13-20)24(29)22-11-5-6-15-27(22)32(30,31)21-9-3-2-4-10-21/h2-4,9-10,19-20,22H,5-8,11-18H2,1H3. The summed E-state index contributed by atoms with van der Waals surface area (Å²) in [5, 5.41) is 0. The molecule has 7 nitrogen and oxygen atoms in total. The van der Waals surface area contributed by atoms with Crippen LogP contribution in [0.2, 0.25) is 0 Å². The molecule has 3 aliphatic heterocycles. The summed E-state index contributed by atoms with van der Waals surface area (Å²) < 4.78 is 27.9. The predicted molar refractivity (Wildman–Crippen MR) is 122 cm³/mol. The number of sulfonamides is 1. The highest BCUT2D eigenvalue weighted by Crippen LogP contribution is 2.29. The van der Waals surface area contributed by atoms with Gasteiger partial charge in [0.05, 0.1) is 4.90 Å². The lowest BCUT2D eigenvalue weighted by atomic mass is 9.92. The van der Waals surface area contributed by atoms with E-state index in [2.05, 4.69) is 6.92 Å². The molecule has 3 aliphatic rings. The molecule has 0 aromatic heterocycles. The number of likely N-dealkylation sites (tertiary alicyclic amines) is 2. The first-order valence-corrected chi connectivity index (χ1v) is 13.5. The van der Waals surface area contributed by atoms with Gasteiger partial charge in [0, 0.05) is 38.6 Å². The van der Waals surface area contributed by atoms with Crippen LogP contribution in [0.4, 0.5) is 0 Å². The van der Waals surface area contributed by atoms with E-state index in [0.29, 0.717) is 44.8 Å². The van der Waals surface area contributed by atoms with E-state index in [1.807, 2.05) is 4.90 Å². The SMILES string of the molecule is CC1CCCN(C(=O)C2CCN(C(=O)C3CCCCN3S(=O)(=O)c3ccccc3)CC2)C1. The molecule has 3 saturated heterocycles. The van der Waals surface area contributed by atoms with Crippen molar-refractivity contribution in [2.24, 2.45) is 11.8 Å². The van der Waals surface area contributed by atoms with Crippen molar-refractivity contribution in [1.82, 2.24) is 14.1 Å². The lowest BCUT2D eigenvalue weighted by molar-refractivity contribution is -0.143. The van der Waals surface area contributed by atoms with Crippen LogP contribution in [0, 0.1) is 11.8 Å². The Hall–Kier alpha value is -1.93. The molecule has 2 atom stereocenters. The molecule has 1 aromatic rings. The predicted octanol–water partition coefficient (Wildman–Crippen LogP) is 2.73. The summed E-state index contributed by atoms with van der Waals surface area (Å²) >= 11 is 0. The van der Waals surface area contributed by atoms with Gasteiger partial charge in [-0.05, 0) is 56.6 Å². The van der Waals surface area contributed by atoms with Crippen LogP contribution >= 0.6 is 0 Å². The molecule has 32 heavy (non-hydrogen) atoms. The molecule has 0 bridgehead atoms. The average Bonchev–Trinajstić information content (AvgIpc) is 2.84. The Labute approximate surface area is 191 Å². The first-order valence-electron chi connectivity index (χ1n) is 12.0. The Morgan fingerprint density at radius 3 is 2.22 bits per heavy atom. The lowest BCUT2D eigenvalue weighted by Crippen LogP contribution is -2.55. The summed E-state index contributed by atoms with van der Waals surface area (Å²) in [6, 6.07) is 7.73. The first kappa shape index (κ1) is 23.2. The van der Waals surface area contributed by atoms with E-state index < -0.39 is 16.1 Å². The molecule has 0 saturated carbocycles. The summed E-state index contributed by atoms with van der Waals surface area (Å²) in [5.74, 6) is 0.648. The van der Waals surface area contributed by atoms with Crippen LogP contribution in [0.25, 0.3) is 0 Å². The van der Waals surface area contributed by atoms with E-state index in [1.165, 1.54) is 10.7 Å². The second kappa shape index (κ2) is 9.91. The Morgan fingerprint density at radius 1 is 0.812 bits per heavy atom. The zero-order valence-corrected chi connectivity index (χ0v) is 19.8. The minimum absolute atomic E-state index is 0.0279. The van der Waals surface area contributed by atoms with Crippen molar-refractivity contribution in [3.63, 3.8) is 0 Å².